The lowest BCUT2D eigenvalue weighted by molar-refractivity contribution is 0.410. The fourth-order valence-electron chi connectivity index (χ4n) is 1.99. The lowest BCUT2D eigenvalue weighted by Gasteiger charge is -2.13. The zero-order valence-electron chi connectivity index (χ0n) is 11.4. The van der Waals surface area contributed by atoms with Crippen LogP contribution in [0.2, 0.25) is 5.02 Å². The molecule has 0 unspecified atom stereocenters. The molecule has 20 heavy (non-hydrogen) atoms. The van der Waals surface area contributed by atoms with Crippen LogP contribution in [-0.4, -0.2) is 7.11 Å². The standard InChI is InChI=1S/C16H15ClN2O/c1-11-6-7-15(12(8-11)9-18)19-10-13-14(17)4-3-5-16(13)20-2/h3-8,19H,10H2,1-2H3. The van der Waals surface area contributed by atoms with Crippen LogP contribution < -0.4 is 10.1 Å². The van der Waals surface area contributed by atoms with Crippen molar-refractivity contribution in [2.45, 2.75) is 13.5 Å². The van der Waals surface area contributed by atoms with Crippen molar-refractivity contribution in [1.29, 1.82) is 5.26 Å². The number of anilines is 1. The van der Waals surface area contributed by atoms with E-state index in [0.717, 1.165) is 22.6 Å². The molecule has 0 amide bonds. The van der Waals surface area contributed by atoms with Crippen LogP contribution in [0.1, 0.15) is 16.7 Å². The number of nitriles is 1. The first-order chi connectivity index (χ1) is 9.65. The predicted molar refractivity (Wildman–Crippen MR) is 81.2 cm³/mol. The van der Waals surface area contributed by atoms with Gasteiger partial charge in [-0.05, 0) is 36.8 Å². The maximum Gasteiger partial charge on any atom is 0.125 e. The summed E-state index contributed by atoms with van der Waals surface area (Å²) in [6.07, 6.45) is 0. The minimum atomic E-state index is 0.501. The van der Waals surface area contributed by atoms with Gasteiger partial charge in [-0.1, -0.05) is 23.7 Å². The molecule has 0 fully saturated rings. The molecule has 2 aromatic carbocycles. The Kier molecular flexibility index (Phi) is 4.49. The number of nitrogens with zero attached hydrogens (tertiary/aromatic N) is 1. The first kappa shape index (κ1) is 14.2. The molecule has 2 aromatic rings. The average molecular weight is 287 g/mol. The molecule has 0 aromatic heterocycles. The summed E-state index contributed by atoms with van der Waals surface area (Å²) in [5, 5.41) is 13.0. The smallest absolute Gasteiger partial charge is 0.125 e. The minimum Gasteiger partial charge on any atom is -0.496 e. The summed E-state index contributed by atoms with van der Waals surface area (Å²) in [4.78, 5) is 0. The zero-order chi connectivity index (χ0) is 14.5. The van der Waals surface area contributed by atoms with Gasteiger partial charge in [0.15, 0.2) is 0 Å². The molecular formula is C16H15ClN2O. The summed E-state index contributed by atoms with van der Waals surface area (Å²) >= 11 is 6.19. The molecule has 0 aliphatic carbocycles. The van der Waals surface area contributed by atoms with Crippen LogP contribution in [0.25, 0.3) is 0 Å². The van der Waals surface area contributed by atoms with E-state index in [1.807, 2.05) is 43.3 Å². The van der Waals surface area contributed by atoms with Gasteiger partial charge in [0.2, 0.25) is 0 Å². The Hall–Kier alpha value is -2.18. The summed E-state index contributed by atoms with van der Waals surface area (Å²) in [6, 6.07) is 13.4. The van der Waals surface area contributed by atoms with Crippen LogP contribution in [0, 0.1) is 18.3 Å². The van der Waals surface area contributed by atoms with Gasteiger partial charge in [0.1, 0.15) is 11.8 Å². The highest BCUT2D eigenvalue weighted by Gasteiger charge is 2.08. The molecule has 0 saturated heterocycles. The van der Waals surface area contributed by atoms with Gasteiger partial charge < -0.3 is 10.1 Å². The third-order valence-corrected chi connectivity index (χ3v) is 3.40. The largest absolute Gasteiger partial charge is 0.496 e. The number of hydrogen-bond donors (Lipinski definition) is 1. The van der Waals surface area contributed by atoms with Gasteiger partial charge in [-0.2, -0.15) is 5.26 Å². The monoisotopic (exact) mass is 286 g/mol. The fraction of sp³-hybridized carbons (Fsp3) is 0.188. The van der Waals surface area contributed by atoms with Crippen LogP contribution in [0.15, 0.2) is 36.4 Å². The number of benzene rings is 2. The molecule has 1 N–H and O–H groups in total. The number of hydrogen-bond acceptors (Lipinski definition) is 3. The topological polar surface area (TPSA) is 45.0 Å². The first-order valence-electron chi connectivity index (χ1n) is 6.21. The second kappa shape index (κ2) is 6.31. The molecule has 2 rings (SSSR count). The van der Waals surface area contributed by atoms with E-state index in [4.69, 9.17) is 21.6 Å². The second-order valence-corrected chi connectivity index (χ2v) is 4.84. The van der Waals surface area contributed by atoms with Crippen molar-refractivity contribution in [1.82, 2.24) is 0 Å². The van der Waals surface area contributed by atoms with Crippen molar-refractivity contribution in [2.75, 3.05) is 12.4 Å². The van der Waals surface area contributed by atoms with Gasteiger partial charge in [0, 0.05) is 17.1 Å². The maximum absolute atomic E-state index is 9.15. The number of nitrogens with one attached hydrogen (secondary N) is 1. The van der Waals surface area contributed by atoms with Gasteiger partial charge in [-0.25, -0.2) is 0 Å². The van der Waals surface area contributed by atoms with Crippen LogP contribution in [0.5, 0.6) is 5.75 Å². The maximum atomic E-state index is 9.15. The number of rotatable bonds is 4. The SMILES string of the molecule is COc1cccc(Cl)c1CNc1ccc(C)cc1C#N. The van der Waals surface area contributed by atoms with E-state index in [9.17, 15) is 0 Å². The van der Waals surface area contributed by atoms with Gasteiger partial charge >= 0.3 is 0 Å². The Labute approximate surface area is 123 Å². The molecule has 0 spiro atoms. The van der Waals surface area contributed by atoms with Crippen LogP contribution >= 0.6 is 11.6 Å². The van der Waals surface area contributed by atoms with Crippen LogP contribution in [0.4, 0.5) is 5.69 Å². The number of ether oxygens (including phenoxy) is 1. The van der Waals surface area contributed by atoms with E-state index >= 15 is 0 Å². The van der Waals surface area contributed by atoms with Crippen molar-refractivity contribution < 1.29 is 4.74 Å². The normalized spacial score (nSPS) is 9.90. The summed E-state index contributed by atoms with van der Waals surface area (Å²) in [5.74, 6) is 0.732. The molecular weight excluding hydrogens is 272 g/mol. The van der Waals surface area contributed by atoms with E-state index in [2.05, 4.69) is 11.4 Å². The van der Waals surface area contributed by atoms with Crippen LogP contribution in [0.3, 0.4) is 0 Å². The summed E-state index contributed by atoms with van der Waals surface area (Å²) < 4.78 is 5.30. The number of methoxy groups -OCH3 is 1. The van der Waals surface area contributed by atoms with Crippen molar-refractivity contribution in [2.24, 2.45) is 0 Å². The molecule has 102 valence electrons. The zero-order valence-corrected chi connectivity index (χ0v) is 12.2. The molecule has 0 radical (unpaired) electrons. The van der Waals surface area contributed by atoms with E-state index in [1.165, 1.54) is 0 Å². The third kappa shape index (κ3) is 3.04. The Morgan fingerprint density at radius 1 is 1.30 bits per heavy atom. The van der Waals surface area contributed by atoms with E-state index in [0.29, 0.717) is 17.1 Å². The Bertz CT molecular complexity index is 662. The van der Waals surface area contributed by atoms with Crippen molar-refractivity contribution in [3.05, 3.63) is 58.1 Å². The molecule has 3 nitrogen and oxygen atoms in total. The third-order valence-electron chi connectivity index (χ3n) is 3.05. The Morgan fingerprint density at radius 2 is 2.10 bits per heavy atom. The van der Waals surface area contributed by atoms with Gasteiger partial charge in [0.05, 0.1) is 18.4 Å². The van der Waals surface area contributed by atoms with Crippen LogP contribution in [-0.2, 0) is 6.54 Å². The van der Waals surface area contributed by atoms with Gasteiger partial charge in [0.25, 0.3) is 0 Å². The molecule has 0 saturated carbocycles. The highest BCUT2D eigenvalue weighted by atomic mass is 35.5. The fourth-order valence-corrected chi connectivity index (χ4v) is 2.22. The van der Waals surface area contributed by atoms with Crippen molar-refractivity contribution in [3.8, 4) is 11.8 Å². The van der Waals surface area contributed by atoms with Gasteiger partial charge in [-0.3, -0.25) is 0 Å². The summed E-state index contributed by atoms with van der Waals surface area (Å²) in [5.41, 5.74) is 3.35. The Morgan fingerprint density at radius 3 is 2.80 bits per heavy atom. The predicted octanol–water partition coefficient (Wildman–Crippen LogP) is 4.14. The highest BCUT2D eigenvalue weighted by molar-refractivity contribution is 6.31. The lowest BCUT2D eigenvalue weighted by Crippen LogP contribution is -2.04. The minimum absolute atomic E-state index is 0.501. The first-order valence-corrected chi connectivity index (χ1v) is 6.59. The summed E-state index contributed by atoms with van der Waals surface area (Å²) in [7, 11) is 1.61. The second-order valence-electron chi connectivity index (χ2n) is 4.44. The lowest BCUT2D eigenvalue weighted by atomic mass is 10.1. The molecule has 0 aliphatic rings. The molecule has 0 bridgehead atoms. The molecule has 0 atom stereocenters. The summed E-state index contributed by atoms with van der Waals surface area (Å²) in [6.45, 7) is 2.46. The molecule has 0 heterocycles. The van der Waals surface area contributed by atoms with Gasteiger partial charge in [-0.15, -0.1) is 0 Å². The van der Waals surface area contributed by atoms with Crippen molar-refractivity contribution in [3.63, 3.8) is 0 Å². The average Bonchev–Trinajstić information content (AvgIpc) is 2.46. The van der Waals surface area contributed by atoms with E-state index in [1.54, 1.807) is 7.11 Å². The highest BCUT2D eigenvalue weighted by Crippen LogP contribution is 2.27. The van der Waals surface area contributed by atoms with Crippen molar-refractivity contribution >= 4 is 17.3 Å². The Balaban J connectivity index is 2.24. The molecule has 0 aliphatic heterocycles. The number of halogens is 1. The van der Waals surface area contributed by atoms with E-state index < -0.39 is 0 Å². The number of aryl methyl sites for hydroxylation is 1. The van der Waals surface area contributed by atoms with E-state index in [-0.39, 0.29) is 0 Å². The molecule has 4 heteroatoms. The quantitative estimate of drug-likeness (QED) is 0.919.